The average Bonchev–Trinajstić information content (AvgIpc) is 2.55. The summed E-state index contributed by atoms with van der Waals surface area (Å²) in [4.78, 5) is 0.246. The lowest BCUT2D eigenvalue weighted by Crippen LogP contribution is -2.23. The number of nitrogens with one attached hydrogen (secondary N) is 1. The predicted octanol–water partition coefficient (Wildman–Crippen LogP) is 3.01. The number of hydrogen-bond acceptors (Lipinski definition) is 4. The summed E-state index contributed by atoms with van der Waals surface area (Å²) in [5.41, 5.74) is 1.68. The topological polar surface area (TPSA) is 64.6 Å². The Morgan fingerprint density at radius 2 is 1.83 bits per heavy atom. The normalized spacial score (nSPS) is 13.8. The molecule has 1 heterocycles. The minimum atomic E-state index is -3.56. The molecule has 23 heavy (non-hydrogen) atoms. The highest BCUT2D eigenvalue weighted by Crippen LogP contribution is 2.30. The van der Waals surface area contributed by atoms with E-state index in [0.29, 0.717) is 24.7 Å². The first kappa shape index (κ1) is 16.3. The van der Waals surface area contributed by atoms with E-state index in [1.54, 1.807) is 30.3 Å². The molecule has 7 heteroatoms. The highest BCUT2D eigenvalue weighted by Gasteiger charge is 2.16. The monoisotopic (exact) mass is 397 g/mol. The molecule has 2 aromatic rings. The van der Waals surface area contributed by atoms with E-state index in [4.69, 9.17) is 9.47 Å². The zero-order chi connectivity index (χ0) is 16.4. The van der Waals surface area contributed by atoms with Gasteiger partial charge < -0.3 is 9.47 Å². The first-order valence-electron chi connectivity index (χ1n) is 7.10. The molecule has 1 aliphatic heterocycles. The Labute approximate surface area is 143 Å². The summed E-state index contributed by atoms with van der Waals surface area (Å²) in [7, 11) is -3.56. The summed E-state index contributed by atoms with van der Waals surface area (Å²) >= 11 is 3.37. The van der Waals surface area contributed by atoms with Crippen molar-refractivity contribution in [3.05, 3.63) is 52.0 Å². The average molecular weight is 398 g/mol. The van der Waals surface area contributed by atoms with E-state index in [0.717, 1.165) is 15.6 Å². The van der Waals surface area contributed by atoms with Gasteiger partial charge in [-0.15, -0.1) is 0 Å². The van der Waals surface area contributed by atoms with Crippen molar-refractivity contribution in [3.63, 3.8) is 0 Å². The minimum absolute atomic E-state index is 0.189. The third kappa shape index (κ3) is 3.68. The van der Waals surface area contributed by atoms with Crippen LogP contribution in [0.25, 0.3) is 0 Å². The second kappa shape index (κ2) is 6.51. The number of ether oxygens (including phenoxy) is 2. The lowest BCUT2D eigenvalue weighted by atomic mass is 10.2. The lowest BCUT2D eigenvalue weighted by Gasteiger charge is -2.19. The zero-order valence-corrected chi connectivity index (χ0v) is 14.9. The summed E-state index contributed by atoms with van der Waals surface area (Å²) in [5, 5.41) is 0. The molecule has 0 spiro atoms. The number of halogens is 1. The van der Waals surface area contributed by atoms with Gasteiger partial charge in [0.05, 0.1) is 4.90 Å². The Bertz CT molecular complexity index is 836. The quantitative estimate of drug-likeness (QED) is 0.860. The second-order valence-electron chi connectivity index (χ2n) is 5.21. The molecule has 0 aromatic heterocycles. The summed E-state index contributed by atoms with van der Waals surface area (Å²) in [6, 6.07) is 10.3. The van der Waals surface area contributed by atoms with E-state index >= 15 is 0 Å². The van der Waals surface area contributed by atoms with Gasteiger partial charge in [-0.2, -0.15) is 0 Å². The van der Waals surface area contributed by atoms with E-state index in [9.17, 15) is 8.42 Å². The van der Waals surface area contributed by atoms with E-state index < -0.39 is 10.0 Å². The number of hydrogen-bond donors (Lipinski definition) is 1. The maximum atomic E-state index is 12.4. The Kier molecular flexibility index (Phi) is 4.61. The number of rotatable bonds is 4. The van der Waals surface area contributed by atoms with Crippen LogP contribution in [0.15, 0.2) is 45.8 Å². The third-order valence-corrected chi connectivity index (χ3v) is 5.80. The Hall–Kier alpha value is -1.57. The molecule has 0 saturated heterocycles. The highest BCUT2D eigenvalue weighted by atomic mass is 79.9. The molecule has 0 fully saturated rings. The molecule has 0 saturated carbocycles. The largest absolute Gasteiger partial charge is 0.486 e. The number of fused-ring (bicyclic) bond motifs is 1. The van der Waals surface area contributed by atoms with Crippen LogP contribution in [0.3, 0.4) is 0 Å². The fourth-order valence-electron chi connectivity index (χ4n) is 2.24. The Morgan fingerprint density at radius 3 is 2.57 bits per heavy atom. The second-order valence-corrected chi connectivity index (χ2v) is 7.83. The molecule has 1 N–H and O–H groups in total. The molecule has 2 aromatic carbocycles. The first-order valence-corrected chi connectivity index (χ1v) is 9.38. The predicted molar refractivity (Wildman–Crippen MR) is 90.3 cm³/mol. The van der Waals surface area contributed by atoms with Crippen molar-refractivity contribution in [1.29, 1.82) is 0 Å². The maximum absolute atomic E-state index is 12.4. The van der Waals surface area contributed by atoms with Crippen LogP contribution < -0.4 is 14.2 Å². The van der Waals surface area contributed by atoms with Gasteiger partial charge in [0.25, 0.3) is 0 Å². The summed E-state index contributed by atoms with van der Waals surface area (Å²) in [6.07, 6.45) is 0. The molecule has 3 rings (SSSR count). The van der Waals surface area contributed by atoms with Crippen LogP contribution in [0.2, 0.25) is 0 Å². The van der Waals surface area contributed by atoms with Gasteiger partial charge in [-0.1, -0.05) is 22.0 Å². The van der Waals surface area contributed by atoms with Crippen molar-refractivity contribution in [2.24, 2.45) is 0 Å². The van der Waals surface area contributed by atoms with Gasteiger partial charge in [0.1, 0.15) is 13.2 Å². The minimum Gasteiger partial charge on any atom is -0.486 e. The van der Waals surface area contributed by atoms with E-state index in [1.807, 2.05) is 13.0 Å². The molecule has 0 aliphatic carbocycles. The van der Waals surface area contributed by atoms with Crippen LogP contribution in [0.4, 0.5) is 0 Å². The molecular formula is C16H16BrNO4S. The molecular weight excluding hydrogens is 382 g/mol. The van der Waals surface area contributed by atoms with Crippen LogP contribution >= 0.6 is 15.9 Å². The first-order chi connectivity index (χ1) is 11.0. The molecule has 122 valence electrons. The van der Waals surface area contributed by atoms with Crippen molar-refractivity contribution in [2.45, 2.75) is 18.4 Å². The molecule has 0 atom stereocenters. The molecule has 1 aliphatic rings. The molecule has 0 amide bonds. The van der Waals surface area contributed by atoms with Crippen LogP contribution in [0, 0.1) is 6.92 Å². The SMILES string of the molecule is Cc1cc(S(=O)(=O)NCc2ccc3c(c2)OCCO3)ccc1Br. The van der Waals surface area contributed by atoms with Crippen molar-refractivity contribution >= 4 is 26.0 Å². The summed E-state index contributed by atoms with van der Waals surface area (Å²) < 4.78 is 39.2. The number of sulfonamides is 1. The van der Waals surface area contributed by atoms with Gasteiger partial charge in [0.15, 0.2) is 11.5 Å². The number of benzene rings is 2. The van der Waals surface area contributed by atoms with Crippen LogP contribution in [0.1, 0.15) is 11.1 Å². The summed E-state index contributed by atoms with van der Waals surface area (Å²) in [5.74, 6) is 1.33. The Morgan fingerprint density at radius 1 is 1.09 bits per heavy atom. The maximum Gasteiger partial charge on any atom is 0.240 e. The van der Waals surface area contributed by atoms with Gasteiger partial charge in [-0.3, -0.25) is 0 Å². The van der Waals surface area contributed by atoms with E-state index in [2.05, 4.69) is 20.7 Å². The standard InChI is InChI=1S/C16H16BrNO4S/c1-11-8-13(3-4-14(11)17)23(19,20)18-10-12-2-5-15-16(9-12)22-7-6-21-15/h2-5,8-9,18H,6-7,10H2,1H3. The molecule has 0 radical (unpaired) electrons. The molecule has 0 bridgehead atoms. The number of aryl methyl sites for hydroxylation is 1. The van der Waals surface area contributed by atoms with Crippen molar-refractivity contribution in [3.8, 4) is 11.5 Å². The fraction of sp³-hybridized carbons (Fsp3) is 0.250. The van der Waals surface area contributed by atoms with E-state index in [1.165, 1.54) is 0 Å². The van der Waals surface area contributed by atoms with Crippen LogP contribution in [-0.2, 0) is 16.6 Å². The van der Waals surface area contributed by atoms with Gasteiger partial charge >= 0.3 is 0 Å². The highest BCUT2D eigenvalue weighted by molar-refractivity contribution is 9.10. The van der Waals surface area contributed by atoms with Gasteiger partial charge in [0, 0.05) is 11.0 Å². The molecule has 0 unspecified atom stereocenters. The fourth-order valence-corrected chi connectivity index (χ4v) is 3.59. The molecule has 5 nitrogen and oxygen atoms in total. The van der Waals surface area contributed by atoms with Crippen molar-refractivity contribution in [1.82, 2.24) is 4.72 Å². The van der Waals surface area contributed by atoms with Crippen molar-refractivity contribution < 1.29 is 17.9 Å². The lowest BCUT2D eigenvalue weighted by molar-refractivity contribution is 0.171. The van der Waals surface area contributed by atoms with Gasteiger partial charge in [-0.05, 0) is 48.4 Å². The van der Waals surface area contributed by atoms with Crippen molar-refractivity contribution in [2.75, 3.05) is 13.2 Å². The van der Waals surface area contributed by atoms with Gasteiger partial charge in [-0.25, -0.2) is 13.1 Å². The Balaban J connectivity index is 1.75. The third-order valence-electron chi connectivity index (χ3n) is 3.51. The van der Waals surface area contributed by atoms with Gasteiger partial charge in [0.2, 0.25) is 10.0 Å². The van der Waals surface area contributed by atoms with Crippen LogP contribution in [0.5, 0.6) is 11.5 Å². The van der Waals surface area contributed by atoms with E-state index in [-0.39, 0.29) is 11.4 Å². The van der Waals surface area contributed by atoms with Crippen LogP contribution in [-0.4, -0.2) is 21.6 Å². The summed E-state index contributed by atoms with van der Waals surface area (Å²) in [6.45, 7) is 3.07. The smallest absolute Gasteiger partial charge is 0.240 e. The zero-order valence-electron chi connectivity index (χ0n) is 12.5.